The maximum Gasteiger partial charge on any atom is 0.182 e. The van der Waals surface area contributed by atoms with E-state index in [1.165, 1.54) is 24.3 Å². The van der Waals surface area contributed by atoms with Crippen molar-refractivity contribution >= 4 is 5.69 Å². The van der Waals surface area contributed by atoms with Crippen LogP contribution in [-0.4, -0.2) is 4.57 Å². The first-order valence-electron chi connectivity index (χ1n) is 5.25. The summed E-state index contributed by atoms with van der Waals surface area (Å²) in [6.07, 6.45) is 0. The third-order valence-corrected chi connectivity index (χ3v) is 2.65. The Balaban J connectivity index is 2.68. The van der Waals surface area contributed by atoms with Gasteiger partial charge in [0.1, 0.15) is 5.82 Å². The average molecular weight is 232 g/mol. The predicted octanol–water partition coefficient (Wildman–Crippen LogP) is 2.18. The molecule has 2 rings (SSSR count). The predicted molar refractivity (Wildman–Crippen MR) is 65.9 cm³/mol. The quantitative estimate of drug-likeness (QED) is 0.766. The number of nitrogens with two attached hydrogens (primary N) is 1. The lowest BCUT2D eigenvalue weighted by atomic mass is 10.2. The third-order valence-electron chi connectivity index (χ3n) is 2.65. The second-order valence-corrected chi connectivity index (χ2v) is 4.02. The molecular weight excluding hydrogens is 219 g/mol. The van der Waals surface area contributed by atoms with Crippen LogP contribution < -0.4 is 11.2 Å². The van der Waals surface area contributed by atoms with Gasteiger partial charge in [-0.2, -0.15) is 0 Å². The summed E-state index contributed by atoms with van der Waals surface area (Å²) >= 11 is 0. The summed E-state index contributed by atoms with van der Waals surface area (Å²) in [5.74, 6) is -0.458. The van der Waals surface area contributed by atoms with Gasteiger partial charge in [-0.05, 0) is 32.0 Å². The standard InChI is InChI=1S/C13H13FN2O/c1-8-5-11(17)6-9(2)16(8)10-3-4-13(15)12(14)7-10/h3-7H,15H2,1-2H3. The molecule has 0 aliphatic carbocycles. The Labute approximate surface area is 98.3 Å². The Morgan fingerprint density at radius 3 is 2.24 bits per heavy atom. The van der Waals surface area contributed by atoms with Gasteiger partial charge in [-0.25, -0.2) is 4.39 Å². The summed E-state index contributed by atoms with van der Waals surface area (Å²) in [5.41, 5.74) is 7.68. The maximum absolute atomic E-state index is 13.4. The minimum Gasteiger partial charge on any atom is -0.396 e. The summed E-state index contributed by atoms with van der Waals surface area (Å²) in [7, 11) is 0. The van der Waals surface area contributed by atoms with Crippen molar-refractivity contribution in [1.82, 2.24) is 4.57 Å². The number of nitrogens with zero attached hydrogens (tertiary/aromatic N) is 1. The molecule has 0 unspecified atom stereocenters. The molecule has 1 aromatic heterocycles. The fraction of sp³-hybridized carbons (Fsp3) is 0.154. The van der Waals surface area contributed by atoms with E-state index in [-0.39, 0.29) is 11.1 Å². The zero-order valence-corrected chi connectivity index (χ0v) is 9.70. The molecule has 0 fully saturated rings. The van der Waals surface area contributed by atoms with E-state index >= 15 is 0 Å². The van der Waals surface area contributed by atoms with Gasteiger partial charge in [0.15, 0.2) is 5.43 Å². The van der Waals surface area contributed by atoms with Crippen LogP contribution in [0.3, 0.4) is 0 Å². The van der Waals surface area contributed by atoms with Crippen LogP contribution in [0.25, 0.3) is 5.69 Å². The van der Waals surface area contributed by atoms with Gasteiger partial charge in [-0.15, -0.1) is 0 Å². The normalized spacial score (nSPS) is 10.5. The lowest BCUT2D eigenvalue weighted by Crippen LogP contribution is -2.11. The van der Waals surface area contributed by atoms with Crippen LogP contribution in [-0.2, 0) is 0 Å². The second kappa shape index (κ2) is 4.05. The number of aromatic nitrogens is 1. The van der Waals surface area contributed by atoms with Crippen molar-refractivity contribution in [1.29, 1.82) is 0 Å². The van der Waals surface area contributed by atoms with Crippen LogP contribution in [0.4, 0.5) is 10.1 Å². The molecule has 3 nitrogen and oxygen atoms in total. The highest BCUT2D eigenvalue weighted by Crippen LogP contribution is 2.18. The molecular formula is C13H13FN2O. The Morgan fingerprint density at radius 2 is 1.71 bits per heavy atom. The first-order chi connectivity index (χ1) is 7.99. The minimum atomic E-state index is -0.458. The molecule has 1 aromatic carbocycles. The molecule has 0 aliphatic heterocycles. The SMILES string of the molecule is Cc1cc(=O)cc(C)n1-c1ccc(N)c(F)c1. The first kappa shape index (κ1) is 11.4. The van der Waals surface area contributed by atoms with Gasteiger partial charge >= 0.3 is 0 Å². The van der Waals surface area contributed by atoms with E-state index in [4.69, 9.17) is 5.73 Å². The molecule has 2 N–H and O–H groups in total. The molecule has 2 aromatic rings. The monoisotopic (exact) mass is 232 g/mol. The van der Waals surface area contributed by atoms with Crippen molar-refractivity contribution in [3.05, 3.63) is 57.8 Å². The van der Waals surface area contributed by atoms with Crippen LogP contribution >= 0.6 is 0 Å². The molecule has 0 amide bonds. The van der Waals surface area contributed by atoms with E-state index in [1.54, 1.807) is 6.07 Å². The van der Waals surface area contributed by atoms with Crippen molar-refractivity contribution < 1.29 is 4.39 Å². The number of aryl methyl sites for hydroxylation is 2. The lowest BCUT2D eigenvalue weighted by molar-refractivity contribution is 0.631. The number of pyridine rings is 1. The van der Waals surface area contributed by atoms with Crippen LogP contribution in [0.1, 0.15) is 11.4 Å². The van der Waals surface area contributed by atoms with Gasteiger partial charge in [0.2, 0.25) is 0 Å². The van der Waals surface area contributed by atoms with Gasteiger partial charge < -0.3 is 10.3 Å². The van der Waals surface area contributed by atoms with Crippen LogP contribution in [0.5, 0.6) is 0 Å². The molecule has 0 bridgehead atoms. The lowest BCUT2D eigenvalue weighted by Gasteiger charge is -2.14. The van der Waals surface area contributed by atoms with Gasteiger partial charge in [-0.3, -0.25) is 4.79 Å². The zero-order chi connectivity index (χ0) is 12.6. The van der Waals surface area contributed by atoms with Gasteiger partial charge in [0, 0.05) is 29.2 Å². The fourth-order valence-electron chi connectivity index (χ4n) is 1.92. The first-order valence-corrected chi connectivity index (χ1v) is 5.25. The molecule has 0 radical (unpaired) electrons. The number of anilines is 1. The summed E-state index contributed by atoms with van der Waals surface area (Å²) in [6.45, 7) is 3.62. The molecule has 1 heterocycles. The Kier molecular flexibility index (Phi) is 2.71. The number of hydrogen-bond donors (Lipinski definition) is 1. The highest BCUT2D eigenvalue weighted by molar-refractivity contribution is 5.48. The van der Waals surface area contributed by atoms with Crippen LogP contribution in [0.15, 0.2) is 35.1 Å². The van der Waals surface area contributed by atoms with E-state index < -0.39 is 5.82 Å². The van der Waals surface area contributed by atoms with Crippen molar-refractivity contribution in [3.8, 4) is 5.69 Å². The number of nitrogen functional groups attached to an aromatic ring is 1. The molecule has 0 saturated carbocycles. The summed E-state index contributed by atoms with van der Waals surface area (Å²) in [4.78, 5) is 11.3. The van der Waals surface area contributed by atoms with E-state index in [0.29, 0.717) is 5.69 Å². The highest BCUT2D eigenvalue weighted by Gasteiger charge is 2.06. The largest absolute Gasteiger partial charge is 0.396 e. The average Bonchev–Trinajstić information content (AvgIpc) is 2.21. The number of rotatable bonds is 1. The summed E-state index contributed by atoms with van der Waals surface area (Å²) in [5, 5.41) is 0. The summed E-state index contributed by atoms with van der Waals surface area (Å²) < 4.78 is 15.2. The van der Waals surface area contributed by atoms with Gasteiger partial charge in [0.25, 0.3) is 0 Å². The Hall–Kier alpha value is -2.10. The molecule has 0 aliphatic rings. The fourth-order valence-corrected chi connectivity index (χ4v) is 1.92. The zero-order valence-electron chi connectivity index (χ0n) is 9.70. The van der Waals surface area contributed by atoms with Crippen molar-refractivity contribution in [3.63, 3.8) is 0 Å². The van der Waals surface area contributed by atoms with Crippen LogP contribution in [0.2, 0.25) is 0 Å². The second-order valence-electron chi connectivity index (χ2n) is 4.02. The third kappa shape index (κ3) is 2.06. The van der Waals surface area contributed by atoms with Crippen molar-refractivity contribution in [2.24, 2.45) is 0 Å². The molecule has 0 atom stereocenters. The Morgan fingerprint density at radius 1 is 1.12 bits per heavy atom. The smallest absolute Gasteiger partial charge is 0.182 e. The topological polar surface area (TPSA) is 48.0 Å². The Bertz CT molecular complexity index is 606. The number of halogens is 1. The molecule has 4 heteroatoms. The molecule has 88 valence electrons. The minimum absolute atomic E-state index is 0.0489. The molecule has 0 spiro atoms. The van der Waals surface area contributed by atoms with Gasteiger partial charge in [-0.1, -0.05) is 0 Å². The van der Waals surface area contributed by atoms with Crippen LogP contribution in [0, 0.1) is 19.7 Å². The van der Waals surface area contributed by atoms with Gasteiger partial charge in [0.05, 0.1) is 5.69 Å². The molecule has 17 heavy (non-hydrogen) atoms. The van der Waals surface area contributed by atoms with E-state index in [9.17, 15) is 9.18 Å². The van der Waals surface area contributed by atoms with Crippen molar-refractivity contribution in [2.75, 3.05) is 5.73 Å². The van der Waals surface area contributed by atoms with Crippen molar-refractivity contribution in [2.45, 2.75) is 13.8 Å². The molecule has 0 saturated heterocycles. The van der Waals surface area contributed by atoms with E-state index in [0.717, 1.165) is 11.4 Å². The number of benzene rings is 1. The van der Waals surface area contributed by atoms with E-state index in [1.807, 2.05) is 18.4 Å². The van der Waals surface area contributed by atoms with E-state index in [2.05, 4.69) is 0 Å². The maximum atomic E-state index is 13.4. The summed E-state index contributed by atoms with van der Waals surface area (Å²) in [6, 6.07) is 7.63. The highest BCUT2D eigenvalue weighted by atomic mass is 19.1. The number of hydrogen-bond acceptors (Lipinski definition) is 2.